The van der Waals surface area contributed by atoms with E-state index >= 15 is 0 Å². The normalized spacial score (nSPS) is 19.3. The molecule has 1 amide bonds. The van der Waals surface area contributed by atoms with Crippen LogP contribution in [0.1, 0.15) is 30.7 Å². The number of thiophene rings is 1. The van der Waals surface area contributed by atoms with Crippen molar-refractivity contribution >= 4 is 17.2 Å². The highest BCUT2D eigenvalue weighted by Gasteiger charge is 2.22. The molecule has 5 heteroatoms. The molecule has 0 spiro atoms. The number of amides is 1. The first kappa shape index (κ1) is 14.5. The number of likely N-dealkylation sites (tertiary alicyclic amines) is 1. The lowest BCUT2D eigenvalue weighted by Gasteiger charge is -2.33. The molecule has 1 saturated heterocycles. The number of hydrogen-bond acceptors (Lipinski definition) is 4. The molecule has 19 heavy (non-hydrogen) atoms. The Morgan fingerprint density at radius 3 is 2.84 bits per heavy atom. The molecule has 2 N–H and O–H groups in total. The topological polar surface area (TPSA) is 44.4 Å². The molecule has 106 valence electrons. The van der Waals surface area contributed by atoms with Gasteiger partial charge in [0, 0.05) is 37.1 Å². The van der Waals surface area contributed by atoms with Crippen LogP contribution in [-0.2, 0) is 4.79 Å². The van der Waals surface area contributed by atoms with Gasteiger partial charge in [0.2, 0.25) is 5.91 Å². The molecule has 1 atom stereocenters. The highest BCUT2D eigenvalue weighted by Crippen LogP contribution is 2.21. The molecular formula is C14H23N3OS. The number of nitrogens with one attached hydrogen (secondary N) is 2. The van der Waals surface area contributed by atoms with Crippen molar-refractivity contribution in [3.8, 4) is 0 Å². The second-order valence-corrected chi connectivity index (χ2v) is 6.11. The summed E-state index contributed by atoms with van der Waals surface area (Å²) in [6.45, 7) is 4.76. The fraction of sp³-hybridized carbons (Fsp3) is 0.643. The minimum atomic E-state index is 0.110. The summed E-state index contributed by atoms with van der Waals surface area (Å²) in [5, 5.41) is 8.50. The lowest BCUT2D eigenvalue weighted by molar-refractivity contribution is -0.122. The molecule has 1 fully saturated rings. The lowest BCUT2D eigenvalue weighted by Crippen LogP contribution is -2.46. The monoisotopic (exact) mass is 281 g/mol. The van der Waals surface area contributed by atoms with Gasteiger partial charge in [0.05, 0.1) is 6.54 Å². The van der Waals surface area contributed by atoms with Crippen LogP contribution in [0, 0.1) is 0 Å². The molecule has 1 aliphatic heterocycles. The molecule has 1 unspecified atom stereocenters. The minimum absolute atomic E-state index is 0.110. The minimum Gasteiger partial charge on any atom is -0.358 e. The molecule has 0 aliphatic carbocycles. The maximum Gasteiger partial charge on any atom is 0.233 e. The largest absolute Gasteiger partial charge is 0.358 e. The fourth-order valence-corrected chi connectivity index (χ4v) is 3.26. The Labute approximate surface area is 119 Å². The zero-order chi connectivity index (χ0) is 13.7. The Kier molecular flexibility index (Phi) is 5.36. The van der Waals surface area contributed by atoms with E-state index in [1.54, 1.807) is 18.4 Å². The summed E-state index contributed by atoms with van der Waals surface area (Å²) in [5.74, 6) is 0.110. The number of hydrogen-bond donors (Lipinski definition) is 2. The molecule has 2 heterocycles. The Hall–Kier alpha value is -0.910. The van der Waals surface area contributed by atoms with Gasteiger partial charge in [-0.3, -0.25) is 9.69 Å². The van der Waals surface area contributed by atoms with E-state index in [2.05, 4.69) is 40.0 Å². The highest BCUT2D eigenvalue weighted by molar-refractivity contribution is 7.10. The molecule has 1 aromatic rings. The van der Waals surface area contributed by atoms with Crippen LogP contribution in [0.15, 0.2) is 17.5 Å². The third-order valence-electron chi connectivity index (χ3n) is 3.69. The zero-order valence-electron chi connectivity index (χ0n) is 11.7. The van der Waals surface area contributed by atoms with Crippen LogP contribution in [0.3, 0.4) is 0 Å². The molecule has 0 radical (unpaired) electrons. The Morgan fingerprint density at radius 2 is 2.26 bits per heavy atom. The predicted molar refractivity (Wildman–Crippen MR) is 79.4 cm³/mol. The summed E-state index contributed by atoms with van der Waals surface area (Å²) in [6.07, 6.45) is 2.24. The smallest absolute Gasteiger partial charge is 0.233 e. The number of likely N-dealkylation sites (N-methyl/N-ethyl adjacent to an activating group) is 1. The SMILES string of the molecule is CNC(=O)CN1CCC(NC(C)c2cccs2)CC1. The van der Waals surface area contributed by atoms with E-state index in [9.17, 15) is 4.79 Å². The molecular weight excluding hydrogens is 258 g/mol. The lowest BCUT2D eigenvalue weighted by atomic mass is 10.0. The molecule has 4 nitrogen and oxygen atoms in total. The number of carbonyl (C=O) groups is 1. The summed E-state index contributed by atoms with van der Waals surface area (Å²) in [7, 11) is 1.69. The number of nitrogens with zero attached hydrogens (tertiary/aromatic N) is 1. The Balaban J connectivity index is 1.73. The van der Waals surface area contributed by atoms with Crippen molar-refractivity contribution < 1.29 is 4.79 Å². The van der Waals surface area contributed by atoms with E-state index < -0.39 is 0 Å². The number of carbonyl (C=O) groups excluding carboxylic acids is 1. The van der Waals surface area contributed by atoms with Crippen molar-refractivity contribution in [1.82, 2.24) is 15.5 Å². The second-order valence-electron chi connectivity index (χ2n) is 5.13. The van der Waals surface area contributed by atoms with Crippen LogP contribution in [0.4, 0.5) is 0 Å². The predicted octanol–water partition coefficient (Wildman–Crippen LogP) is 1.61. The molecule has 0 saturated carbocycles. The van der Waals surface area contributed by atoms with Crippen LogP contribution in [0.2, 0.25) is 0 Å². The van der Waals surface area contributed by atoms with Crippen molar-refractivity contribution in [3.63, 3.8) is 0 Å². The van der Waals surface area contributed by atoms with Gasteiger partial charge in [0.15, 0.2) is 0 Å². The van der Waals surface area contributed by atoms with Gasteiger partial charge in [0.1, 0.15) is 0 Å². The van der Waals surface area contributed by atoms with Gasteiger partial charge in [0.25, 0.3) is 0 Å². The summed E-state index contributed by atoms with van der Waals surface area (Å²) < 4.78 is 0. The third kappa shape index (κ3) is 4.30. The van der Waals surface area contributed by atoms with E-state index in [0.29, 0.717) is 18.6 Å². The standard InChI is InChI=1S/C14H23N3OS/c1-11(13-4-3-9-19-13)16-12-5-7-17(8-6-12)10-14(18)15-2/h3-4,9,11-12,16H,5-8,10H2,1-2H3,(H,15,18). The van der Waals surface area contributed by atoms with Crippen LogP contribution in [0.25, 0.3) is 0 Å². The molecule has 1 aliphatic rings. The van der Waals surface area contributed by atoms with Gasteiger partial charge in [-0.2, -0.15) is 0 Å². The summed E-state index contributed by atoms with van der Waals surface area (Å²) in [6, 6.07) is 5.28. The van der Waals surface area contributed by atoms with E-state index in [-0.39, 0.29) is 5.91 Å². The quantitative estimate of drug-likeness (QED) is 0.862. The van der Waals surface area contributed by atoms with E-state index in [0.717, 1.165) is 25.9 Å². The van der Waals surface area contributed by atoms with Crippen LogP contribution >= 0.6 is 11.3 Å². The fourth-order valence-electron chi connectivity index (χ4n) is 2.51. The van der Waals surface area contributed by atoms with Crippen molar-refractivity contribution in [2.75, 3.05) is 26.7 Å². The number of piperidine rings is 1. The summed E-state index contributed by atoms with van der Waals surface area (Å²) in [5.41, 5.74) is 0. The molecule has 0 aromatic carbocycles. The average Bonchev–Trinajstić information content (AvgIpc) is 2.95. The van der Waals surface area contributed by atoms with Crippen molar-refractivity contribution in [2.45, 2.75) is 31.8 Å². The zero-order valence-corrected chi connectivity index (χ0v) is 12.5. The van der Waals surface area contributed by atoms with Gasteiger partial charge in [-0.05, 0) is 31.2 Å². The van der Waals surface area contributed by atoms with E-state index in [1.165, 1.54) is 4.88 Å². The van der Waals surface area contributed by atoms with Gasteiger partial charge in [-0.15, -0.1) is 11.3 Å². The second kappa shape index (κ2) is 7.03. The maximum atomic E-state index is 11.3. The number of rotatable bonds is 5. The molecule has 1 aromatic heterocycles. The van der Waals surface area contributed by atoms with E-state index in [1.807, 2.05) is 0 Å². The van der Waals surface area contributed by atoms with Gasteiger partial charge in [-0.25, -0.2) is 0 Å². The maximum absolute atomic E-state index is 11.3. The highest BCUT2D eigenvalue weighted by atomic mass is 32.1. The van der Waals surface area contributed by atoms with Crippen molar-refractivity contribution in [1.29, 1.82) is 0 Å². The van der Waals surface area contributed by atoms with Gasteiger partial charge >= 0.3 is 0 Å². The summed E-state index contributed by atoms with van der Waals surface area (Å²) in [4.78, 5) is 15.0. The van der Waals surface area contributed by atoms with Crippen LogP contribution in [0.5, 0.6) is 0 Å². The van der Waals surface area contributed by atoms with Crippen molar-refractivity contribution in [2.24, 2.45) is 0 Å². The first-order valence-electron chi connectivity index (χ1n) is 6.91. The summed E-state index contributed by atoms with van der Waals surface area (Å²) >= 11 is 1.81. The van der Waals surface area contributed by atoms with Crippen LogP contribution < -0.4 is 10.6 Å². The Morgan fingerprint density at radius 1 is 1.53 bits per heavy atom. The Bertz CT molecular complexity index is 385. The first-order valence-corrected chi connectivity index (χ1v) is 7.79. The molecule has 0 bridgehead atoms. The van der Waals surface area contributed by atoms with Crippen LogP contribution in [-0.4, -0.2) is 43.5 Å². The first-order chi connectivity index (χ1) is 9.19. The van der Waals surface area contributed by atoms with Gasteiger partial charge in [-0.1, -0.05) is 6.07 Å². The van der Waals surface area contributed by atoms with Crippen molar-refractivity contribution in [3.05, 3.63) is 22.4 Å². The van der Waals surface area contributed by atoms with Gasteiger partial charge < -0.3 is 10.6 Å². The average molecular weight is 281 g/mol. The molecule has 2 rings (SSSR count). The third-order valence-corrected chi connectivity index (χ3v) is 4.74. The van der Waals surface area contributed by atoms with E-state index in [4.69, 9.17) is 0 Å².